The van der Waals surface area contributed by atoms with E-state index in [1.54, 1.807) is 42.7 Å². The summed E-state index contributed by atoms with van der Waals surface area (Å²) in [6.07, 6.45) is 19.4. The number of ether oxygens (including phenoxy) is 16. The second-order valence-electron chi connectivity index (χ2n) is 33.5. The smallest absolute Gasteiger partial charge is 0.306 e. The lowest BCUT2D eigenvalue weighted by Crippen LogP contribution is -2.59. The quantitative estimate of drug-likeness (QED) is 0.0919. The van der Waals surface area contributed by atoms with Gasteiger partial charge in [-0.3, -0.25) is 19.2 Å². The van der Waals surface area contributed by atoms with Crippen LogP contribution in [0.5, 0.6) is 0 Å². The Morgan fingerprint density at radius 2 is 0.857 bits per heavy atom. The zero-order valence-electron chi connectivity index (χ0n) is 66.8. The van der Waals surface area contributed by atoms with Crippen LogP contribution in [0.25, 0.3) is 0 Å². The third kappa shape index (κ3) is 18.2. The lowest BCUT2D eigenvalue weighted by molar-refractivity contribution is -0.314. The van der Waals surface area contributed by atoms with E-state index >= 15 is 0 Å². The molecule has 0 bridgehead atoms. The van der Waals surface area contributed by atoms with Crippen LogP contribution in [0.4, 0.5) is 0 Å². The monoisotopic (exact) mass is 1480 g/mol. The van der Waals surface area contributed by atoms with Crippen molar-refractivity contribution in [1.82, 2.24) is 9.80 Å². The molecule has 6 aliphatic carbocycles. The largest absolute Gasteiger partial charge is 0.462 e. The molecule has 6 aliphatic heterocycles. The van der Waals surface area contributed by atoms with Crippen molar-refractivity contribution in [2.24, 2.45) is 71.0 Å². The van der Waals surface area contributed by atoms with Gasteiger partial charge in [-0.05, 0) is 224 Å². The van der Waals surface area contributed by atoms with Gasteiger partial charge in [-0.1, -0.05) is 63.6 Å². The highest BCUT2D eigenvalue weighted by molar-refractivity contribution is 6.00. The van der Waals surface area contributed by atoms with Crippen molar-refractivity contribution >= 4 is 23.5 Å². The number of rotatable bonds is 18. The van der Waals surface area contributed by atoms with Gasteiger partial charge in [0.1, 0.15) is 48.8 Å². The van der Waals surface area contributed by atoms with E-state index in [2.05, 4.69) is 103 Å². The van der Waals surface area contributed by atoms with Gasteiger partial charge >= 0.3 is 11.9 Å². The molecule has 8 fully saturated rings. The van der Waals surface area contributed by atoms with Gasteiger partial charge in [0.15, 0.2) is 36.7 Å². The topological polar surface area (TPSA) is 222 Å². The highest BCUT2D eigenvalue weighted by Gasteiger charge is 2.56. The Hall–Kier alpha value is -3.40. The van der Waals surface area contributed by atoms with E-state index in [1.807, 2.05) is 27.7 Å². The number of methoxy groups -OCH3 is 6. The first kappa shape index (κ1) is 82.6. The van der Waals surface area contributed by atoms with E-state index in [1.165, 1.54) is 5.57 Å². The highest BCUT2D eigenvalue weighted by Crippen LogP contribution is 2.58. The van der Waals surface area contributed by atoms with Gasteiger partial charge in [0.05, 0.1) is 61.7 Å². The molecule has 0 spiro atoms. The molecule has 1 unspecified atom stereocenters. The minimum Gasteiger partial charge on any atom is -0.462 e. The number of hydrogen-bond donors (Lipinski definition) is 0. The fourth-order valence-electron chi connectivity index (χ4n) is 21.2. The minimum absolute atomic E-state index is 0.0364. The Morgan fingerprint density at radius 3 is 1.29 bits per heavy atom. The lowest BCUT2D eigenvalue weighted by Gasteiger charge is -2.44. The van der Waals surface area contributed by atoms with Crippen molar-refractivity contribution in [3.05, 3.63) is 47.1 Å². The molecule has 0 aromatic rings. The number of allylic oxidation sites excluding steroid dienone is 8. The minimum atomic E-state index is -0.598. The molecular weight excluding hydrogens is 1340 g/mol. The average Bonchev–Trinajstić information content (AvgIpc) is 1.60. The van der Waals surface area contributed by atoms with Gasteiger partial charge in [-0.25, -0.2) is 0 Å². The molecule has 12 rings (SSSR count). The van der Waals surface area contributed by atoms with Crippen LogP contribution < -0.4 is 0 Å². The van der Waals surface area contributed by atoms with Crippen molar-refractivity contribution in [3.63, 3.8) is 0 Å². The Morgan fingerprint density at radius 1 is 0.429 bits per heavy atom. The van der Waals surface area contributed by atoms with Crippen LogP contribution in [0, 0.1) is 71.0 Å². The van der Waals surface area contributed by atoms with Crippen LogP contribution in [0.3, 0.4) is 0 Å². The SMILES string of the molecule is CC[C@H]1CCCC(O[C@H]2CC[C@H](N(C)C)[C@@H](C)O2)[C@@H](C)C(=O)C2=C[C@@H]3[C@@H](C=C[C@@H]4C[C@@H](O[C@@H]5O[C@@H](C)[C@H](OC)[C@@H](OC)[C@H]5OC)C[C@@H]34)[C@@H]2CC(=O)O1.CC[C@H]1CCC[C@H](O[C@H]2CC[C@H](N(C)C)[C@@H](C)O2)[C@@H](C)C(=O)C2=C[C@@H]3[C@@H](C=C(C)[C@@H]4C[C@@H](O[C@@H]5O[C@@H](C)[C@H](OC)[C@@H](OC)[C@H]5OC)C[C@@H]34)[C@@H]2CC(=O)O1. The van der Waals surface area contributed by atoms with Crippen molar-refractivity contribution in [2.75, 3.05) is 70.8 Å². The van der Waals surface area contributed by atoms with Crippen molar-refractivity contribution in [2.45, 2.75) is 313 Å². The molecule has 6 saturated heterocycles. The number of nitrogens with zero attached hydrogens (tertiary/aromatic N) is 2. The van der Waals surface area contributed by atoms with Gasteiger partial charge < -0.3 is 85.6 Å². The maximum atomic E-state index is 14.7. The zero-order valence-corrected chi connectivity index (χ0v) is 66.8. The number of ketones is 2. The standard InChI is InChI=1S/C42H67NO10.C41H65NO10/c1-11-26-13-12-14-35(53-37-16-15-34(43(6)7)24(4)49-37)23(3)38(45)33-20-31-29(32(33)21-36(44)51-26)17-22(2)28-18-27(19-30(28)31)52-42-41(48-10)40(47-9)39(46-8)25(5)50-42;1-10-26-12-11-13-34(52-36-17-16-33(42(5)6)23(3)48-36)22(2)37(44)32-20-30-28(31(32)21-35(43)50-26)15-14-25-18-27(19-29(25)30)51-41-40(47-9)39(46-8)38(45-7)24(4)49-41/h17,20,23-32,34-35,37,39-42H,11-16,18-19,21H2,1-10H3;14-15,20,22-31,33-34,36,38-41H,10-13,16-19,21H2,1-9H3/t23-,24-,25+,26+,27-,28+,29-,30-,31-,32+,34+,35+,37+,39+,40-,41-,42+;22-,23-,24+,25-,26+,27-,28-,29-,30-,31+,33+,34?,36+,38+,39-,40-,41+/m11/s1. The molecule has 0 aromatic heterocycles. The van der Waals surface area contributed by atoms with Crippen LogP contribution in [0.2, 0.25) is 0 Å². The predicted octanol–water partition coefficient (Wildman–Crippen LogP) is 11.4. The van der Waals surface area contributed by atoms with E-state index in [9.17, 15) is 19.2 Å². The van der Waals surface area contributed by atoms with Crippen LogP contribution in [0.15, 0.2) is 47.1 Å². The molecule has 0 radical (unpaired) electrons. The first-order valence-electron chi connectivity index (χ1n) is 40.4. The number of carbonyl (C=O) groups excluding carboxylic acids is 4. The van der Waals surface area contributed by atoms with Gasteiger partial charge in [-0.15, -0.1) is 0 Å². The second-order valence-corrected chi connectivity index (χ2v) is 33.5. The van der Waals surface area contributed by atoms with Crippen molar-refractivity contribution in [1.29, 1.82) is 0 Å². The summed E-state index contributed by atoms with van der Waals surface area (Å²) in [5.41, 5.74) is 2.84. The summed E-state index contributed by atoms with van der Waals surface area (Å²) in [6, 6.07) is 0.676. The average molecular weight is 1480 g/mol. The van der Waals surface area contributed by atoms with Crippen LogP contribution in [-0.2, 0) is 95.0 Å². The van der Waals surface area contributed by atoms with Crippen molar-refractivity contribution in [3.8, 4) is 0 Å². The number of cyclic esters (lactones) is 2. The lowest BCUT2D eigenvalue weighted by atomic mass is 9.67. The van der Waals surface area contributed by atoms with Crippen LogP contribution in [-0.4, -0.2) is 239 Å². The van der Waals surface area contributed by atoms with Gasteiger partial charge in [0.2, 0.25) is 0 Å². The molecule has 105 heavy (non-hydrogen) atoms. The Labute approximate surface area is 627 Å². The molecule has 34 atom stereocenters. The van der Waals surface area contributed by atoms with Crippen molar-refractivity contribution < 1.29 is 95.0 Å². The molecule has 22 heteroatoms. The Bertz CT molecular complexity index is 3010. The van der Waals surface area contributed by atoms with E-state index in [-0.39, 0.29) is 194 Å². The molecular formula is C83H132N2O20. The second kappa shape index (κ2) is 36.8. The van der Waals surface area contributed by atoms with E-state index < -0.39 is 24.8 Å². The van der Waals surface area contributed by atoms with Gasteiger partial charge in [0.25, 0.3) is 0 Å². The Kier molecular flexibility index (Phi) is 29.0. The summed E-state index contributed by atoms with van der Waals surface area (Å²) in [7, 11) is 18.3. The normalized spacial score (nSPS) is 45.5. The predicted molar refractivity (Wildman–Crippen MR) is 393 cm³/mol. The van der Waals surface area contributed by atoms with E-state index in [4.69, 9.17) is 75.8 Å². The highest BCUT2D eigenvalue weighted by atomic mass is 16.7. The Balaban J connectivity index is 0.000000210. The van der Waals surface area contributed by atoms with E-state index in [0.717, 1.165) is 101 Å². The molecule has 6 heterocycles. The molecule has 0 N–H and O–H groups in total. The van der Waals surface area contributed by atoms with Crippen LogP contribution in [0.1, 0.15) is 178 Å². The summed E-state index contributed by atoms with van der Waals surface area (Å²) in [4.78, 5) is 60.9. The fraction of sp³-hybridized carbons (Fsp3) is 0.855. The van der Waals surface area contributed by atoms with Crippen LogP contribution >= 0.6 is 0 Å². The number of fused-ring (bicyclic) bond motifs is 10. The molecule has 0 aromatic carbocycles. The first-order valence-corrected chi connectivity index (χ1v) is 40.4. The van der Waals surface area contributed by atoms with Gasteiger partial charge in [-0.2, -0.15) is 0 Å². The maximum absolute atomic E-state index is 14.7. The molecule has 2 saturated carbocycles. The summed E-state index contributed by atoms with van der Waals surface area (Å²) in [5, 5.41) is 0. The third-order valence-corrected chi connectivity index (χ3v) is 26.9. The molecule has 594 valence electrons. The fourth-order valence-corrected chi connectivity index (χ4v) is 21.2. The summed E-state index contributed by atoms with van der Waals surface area (Å²) in [5.74, 6) is 0.0293. The number of esters is 2. The molecule has 22 nitrogen and oxygen atoms in total. The number of likely N-dealkylation sites (N-methyl/N-ethyl adjacent to an activating group) is 2. The summed E-state index contributed by atoms with van der Waals surface area (Å²) in [6.45, 7) is 18.6. The number of hydrogen-bond acceptors (Lipinski definition) is 22. The van der Waals surface area contributed by atoms with E-state index in [0.29, 0.717) is 36.8 Å². The first-order chi connectivity index (χ1) is 50.3. The molecule has 0 amide bonds. The summed E-state index contributed by atoms with van der Waals surface area (Å²) < 4.78 is 99.3. The maximum Gasteiger partial charge on any atom is 0.306 e. The zero-order chi connectivity index (χ0) is 75.4. The summed E-state index contributed by atoms with van der Waals surface area (Å²) >= 11 is 0. The third-order valence-electron chi connectivity index (χ3n) is 26.9. The van der Waals surface area contributed by atoms with Gasteiger partial charge in [0, 0.05) is 78.4 Å². The number of carbonyl (C=O) groups is 4. The number of Topliss-reactive ketones (excluding diaryl/α,β-unsaturated/α-hetero) is 2. The molecule has 12 aliphatic rings.